The molecule has 0 aliphatic rings. The molecule has 4 rings (SSSR count). The Bertz CT molecular complexity index is 1510. The molecule has 0 spiro atoms. The van der Waals surface area contributed by atoms with E-state index in [1.165, 1.54) is 18.3 Å². The molecule has 0 radical (unpaired) electrons. The van der Waals surface area contributed by atoms with Gasteiger partial charge in [0.15, 0.2) is 0 Å². The highest BCUT2D eigenvalue weighted by Gasteiger charge is 2.27. The summed E-state index contributed by atoms with van der Waals surface area (Å²) in [6.07, 6.45) is 1.48. The zero-order valence-corrected chi connectivity index (χ0v) is 23.0. The molecule has 4 aromatic carbocycles. The maximum atomic E-state index is 13.4. The summed E-state index contributed by atoms with van der Waals surface area (Å²) in [5, 5.41) is 4.00. The molecule has 0 aliphatic carbocycles. The van der Waals surface area contributed by atoms with Crippen LogP contribution in [-0.4, -0.2) is 27.1 Å². The number of amides is 1. The number of hydrogen-bond donors (Lipinski definition) is 1. The Labute approximate surface area is 231 Å². The Morgan fingerprint density at radius 1 is 0.947 bits per heavy atom. The van der Waals surface area contributed by atoms with Gasteiger partial charge < -0.3 is 4.74 Å². The predicted octanol–water partition coefficient (Wildman–Crippen LogP) is 5.68. The van der Waals surface area contributed by atoms with Crippen molar-refractivity contribution in [3.8, 4) is 5.75 Å². The van der Waals surface area contributed by atoms with Crippen molar-refractivity contribution >= 4 is 43.8 Å². The number of halogens is 1. The molecule has 9 heteroatoms. The van der Waals surface area contributed by atoms with Crippen LogP contribution in [-0.2, 0) is 21.4 Å². The van der Waals surface area contributed by atoms with Crippen molar-refractivity contribution in [3.63, 3.8) is 0 Å². The number of ether oxygens (including phenoxy) is 1. The van der Waals surface area contributed by atoms with Crippen LogP contribution < -0.4 is 14.5 Å². The summed E-state index contributed by atoms with van der Waals surface area (Å²) < 4.78 is 34.4. The molecular weight excluding hydrogens is 566 g/mol. The average molecular weight is 593 g/mol. The molecule has 0 saturated carbocycles. The highest BCUT2D eigenvalue weighted by Crippen LogP contribution is 2.26. The van der Waals surface area contributed by atoms with E-state index in [2.05, 4.69) is 26.5 Å². The van der Waals surface area contributed by atoms with Gasteiger partial charge in [-0.05, 0) is 72.6 Å². The Morgan fingerprint density at radius 2 is 1.66 bits per heavy atom. The third kappa shape index (κ3) is 7.30. The van der Waals surface area contributed by atoms with E-state index in [0.29, 0.717) is 22.5 Å². The van der Waals surface area contributed by atoms with E-state index in [1.807, 2.05) is 61.5 Å². The summed E-state index contributed by atoms with van der Waals surface area (Å²) in [6.45, 7) is 1.89. The molecule has 1 N–H and O–H groups in total. The number of aryl methyl sites for hydroxylation is 1. The Hall–Kier alpha value is -3.95. The van der Waals surface area contributed by atoms with E-state index in [-0.39, 0.29) is 4.90 Å². The standard InChI is InChI=1S/C29H26BrN3O4S/c1-22-10-16-28(17-11-22)38(35,36)33(26-9-5-8-25(30)18-26)20-29(34)32-31-19-23-12-14-27(15-13-23)37-21-24-6-3-2-4-7-24/h2-19H,20-21H2,1H3,(H,32,34)/b31-19-. The number of nitrogens with one attached hydrogen (secondary N) is 1. The van der Waals surface area contributed by atoms with Gasteiger partial charge in [0.05, 0.1) is 16.8 Å². The van der Waals surface area contributed by atoms with Gasteiger partial charge in [0.1, 0.15) is 18.9 Å². The third-order valence-corrected chi connectivity index (χ3v) is 7.81. The lowest BCUT2D eigenvalue weighted by Crippen LogP contribution is -2.39. The van der Waals surface area contributed by atoms with Crippen LogP contribution in [0.4, 0.5) is 5.69 Å². The zero-order valence-electron chi connectivity index (χ0n) is 20.6. The molecule has 0 unspecified atom stereocenters. The fourth-order valence-corrected chi connectivity index (χ4v) is 5.32. The number of rotatable bonds is 10. The first-order chi connectivity index (χ1) is 18.3. The number of nitrogens with zero attached hydrogens (tertiary/aromatic N) is 2. The highest BCUT2D eigenvalue weighted by molar-refractivity contribution is 9.10. The molecule has 194 valence electrons. The number of anilines is 1. The Kier molecular flexibility index (Phi) is 8.93. The van der Waals surface area contributed by atoms with Gasteiger partial charge in [-0.1, -0.05) is 70.0 Å². The molecule has 4 aromatic rings. The minimum absolute atomic E-state index is 0.0916. The van der Waals surface area contributed by atoms with Crippen molar-refractivity contribution in [1.29, 1.82) is 0 Å². The zero-order chi connectivity index (χ0) is 27.0. The topological polar surface area (TPSA) is 88.1 Å². The predicted molar refractivity (Wildman–Crippen MR) is 153 cm³/mol. The largest absolute Gasteiger partial charge is 0.489 e. The first-order valence-electron chi connectivity index (χ1n) is 11.7. The van der Waals surface area contributed by atoms with Gasteiger partial charge in [-0.3, -0.25) is 9.10 Å². The van der Waals surface area contributed by atoms with Crippen LogP contribution in [0.25, 0.3) is 0 Å². The van der Waals surface area contributed by atoms with Gasteiger partial charge >= 0.3 is 0 Å². The maximum absolute atomic E-state index is 13.4. The quantitative estimate of drug-likeness (QED) is 0.190. The lowest BCUT2D eigenvalue weighted by molar-refractivity contribution is -0.119. The van der Waals surface area contributed by atoms with Crippen LogP contribution in [0.2, 0.25) is 0 Å². The number of carbonyl (C=O) groups excluding carboxylic acids is 1. The van der Waals surface area contributed by atoms with Crippen LogP contribution in [0.3, 0.4) is 0 Å². The van der Waals surface area contributed by atoms with E-state index in [1.54, 1.807) is 36.4 Å². The molecule has 0 saturated heterocycles. The molecule has 0 heterocycles. The smallest absolute Gasteiger partial charge is 0.264 e. The SMILES string of the molecule is Cc1ccc(S(=O)(=O)N(CC(=O)N/N=C\c2ccc(OCc3ccccc3)cc2)c2cccc(Br)c2)cc1. The molecular formula is C29H26BrN3O4S. The van der Waals surface area contributed by atoms with E-state index in [0.717, 1.165) is 21.0 Å². The number of benzene rings is 4. The lowest BCUT2D eigenvalue weighted by Gasteiger charge is -2.24. The van der Waals surface area contributed by atoms with Crippen LogP contribution in [0.5, 0.6) is 5.75 Å². The van der Waals surface area contributed by atoms with Crippen molar-refractivity contribution in [3.05, 3.63) is 124 Å². The molecule has 7 nitrogen and oxygen atoms in total. The average Bonchev–Trinajstić information content (AvgIpc) is 2.92. The maximum Gasteiger partial charge on any atom is 0.264 e. The van der Waals surface area contributed by atoms with Crippen LogP contribution in [0.1, 0.15) is 16.7 Å². The van der Waals surface area contributed by atoms with Gasteiger partial charge in [0.25, 0.3) is 15.9 Å². The lowest BCUT2D eigenvalue weighted by atomic mass is 10.2. The van der Waals surface area contributed by atoms with Crippen molar-refractivity contribution in [2.24, 2.45) is 5.10 Å². The first kappa shape index (κ1) is 27.1. The first-order valence-corrected chi connectivity index (χ1v) is 14.0. The highest BCUT2D eigenvalue weighted by atomic mass is 79.9. The van der Waals surface area contributed by atoms with Crippen LogP contribution in [0.15, 0.2) is 118 Å². The van der Waals surface area contributed by atoms with Gasteiger partial charge in [-0.2, -0.15) is 5.10 Å². The van der Waals surface area contributed by atoms with Crippen molar-refractivity contribution in [2.45, 2.75) is 18.4 Å². The summed E-state index contributed by atoms with van der Waals surface area (Å²) in [5.41, 5.74) is 5.52. The van der Waals surface area contributed by atoms with E-state index in [4.69, 9.17) is 4.74 Å². The van der Waals surface area contributed by atoms with Gasteiger partial charge in [0.2, 0.25) is 0 Å². The van der Waals surface area contributed by atoms with Gasteiger partial charge in [-0.15, -0.1) is 0 Å². The Morgan fingerprint density at radius 3 is 2.34 bits per heavy atom. The molecule has 1 amide bonds. The minimum atomic E-state index is -4.00. The number of hydrogen-bond acceptors (Lipinski definition) is 5. The fourth-order valence-electron chi connectivity index (χ4n) is 3.52. The normalized spacial score (nSPS) is 11.3. The molecule has 38 heavy (non-hydrogen) atoms. The van der Waals surface area contributed by atoms with Crippen molar-refractivity contribution < 1.29 is 17.9 Å². The number of hydrazone groups is 1. The molecule has 0 fully saturated rings. The van der Waals surface area contributed by atoms with Gasteiger partial charge in [-0.25, -0.2) is 13.8 Å². The molecule has 0 atom stereocenters. The number of carbonyl (C=O) groups is 1. The minimum Gasteiger partial charge on any atom is -0.489 e. The molecule has 0 aliphatic heterocycles. The summed E-state index contributed by atoms with van der Waals surface area (Å²) in [6, 6.07) is 30.4. The van der Waals surface area contributed by atoms with Crippen LogP contribution >= 0.6 is 15.9 Å². The van der Waals surface area contributed by atoms with Crippen molar-refractivity contribution in [1.82, 2.24) is 5.43 Å². The monoisotopic (exact) mass is 591 g/mol. The fraction of sp³-hybridized carbons (Fsp3) is 0.103. The molecule has 0 aromatic heterocycles. The van der Waals surface area contributed by atoms with E-state index < -0.39 is 22.5 Å². The number of sulfonamides is 1. The van der Waals surface area contributed by atoms with E-state index in [9.17, 15) is 13.2 Å². The second-order valence-corrected chi connectivity index (χ2v) is 11.2. The summed E-state index contributed by atoms with van der Waals surface area (Å²) in [7, 11) is -4.00. The van der Waals surface area contributed by atoms with Crippen molar-refractivity contribution in [2.75, 3.05) is 10.8 Å². The second kappa shape index (κ2) is 12.5. The summed E-state index contributed by atoms with van der Waals surface area (Å²) in [5.74, 6) is 0.126. The summed E-state index contributed by atoms with van der Waals surface area (Å²) >= 11 is 3.37. The van der Waals surface area contributed by atoms with E-state index >= 15 is 0 Å². The van der Waals surface area contributed by atoms with Crippen LogP contribution in [0, 0.1) is 6.92 Å². The third-order valence-electron chi connectivity index (χ3n) is 5.52. The summed E-state index contributed by atoms with van der Waals surface area (Å²) in [4.78, 5) is 12.8. The van der Waals surface area contributed by atoms with Gasteiger partial charge in [0, 0.05) is 4.47 Å². The second-order valence-electron chi connectivity index (χ2n) is 8.44. The molecule has 0 bridgehead atoms. The Balaban J connectivity index is 1.41.